The second-order valence-corrected chi connectivity index (χ2v) is 6.46. The molecule has 1 aliphatic heterocycles. The predicted octanol–water partition coefficient (Wildman–Crippen LogP) is 1.55. The molecule has 24 heavy (non-hydrogen) atoms. The van der Waals surface area contributed by atoms with E-state index in [4.69, 9.17) is 5.11 Å². The average molecular weight is 334 g/mol. The minimum Gasteiger partial charge on any atom is -0.396 e. The van der Waals surface area contributed by atoms with E-state index in [1.165, 1.54) is 5.56 Å². The van der Waals surface area contributed by atoms with Crippen molar-refractivity contribution in [3.05, 3.63) is 30.1 Å². The summed E-state index contributed by atoms with van der Waals surface area (Å²) in [7, 11) is 0. The van der Waals surface area contributed by atoms with E-state index in [9.17, 15) is 4.79 Å². The van der Waals surface area contributed by atoms with Crippen LogP contribution in [0.2, 0.25) is 0 Å². The first-order valence-corrected chi connectivity index (χ1v) is 9.00. The fourth-order valence-electron chi connectivity index (χ4n) is 3.08. The highest BCUT2D eigenvalue weighted by atomic mass is 16.3. The fraction of sp³-hybridized carbons (Fsp3) is 0.667. The summed E-state index contributed by atoms with van der Waals surface area (Å²) in [6.45, 7) is 5.21. The first kappa shape index (κ1) is 18.7. The first-order chi connectivity index (χ1) is 11.7. The van der Waals surface area contributed by atoms with Crippen molar-refractivity contribution >= 4 is 6.03 Å². The number of hydrogen-bond donors (Lipinski definition) is 3. The molecule has 0 radical (unpaired) electrons. The summed E-state index contributed by atoms with van der Waals surface area (Å²) < 4.78 is 0. The molecule has 0 bridgehead atoms. The lowest BCUT2D eigenvalue weighted by Crippen LogP contribution is -2.50. The van der Waals surface area contributed by atoms with Gasteiger partial charge in [-0.2, -0.15) is 0 Å². The molecule has 1 aromatic heterocycles. The van der Waals surface area contributed by atoms with Crippen LogP contribution in [0, 0.1) is 0 Å². The highest BCUT2D eigenvalue weighted by Gasteiger charge is 2.21. The Morgan fingerprint density at radius 2 is 2.08 bits per heavy atom. The summed E-state index contributed by atoms with van der Waals surface area (Å²) in [5, 5.41) is 15.0. The summed E-state index contributed by atoms with van der Waals surface area (Å²) in [6.07, 6.45) is 8.13. The lowest BCUT2D eigenvalue weighted by Gasteiger charge is -2.32. The number of aromatic nitrogens is 1. The quantitative estimate of drug-likeness (QED) is 0.674. The number of hydrogen-bond acceptors (Lipinski definition) is 4. The third kappa shape index (κ3) is 6.45. The van der Waals surface area contributed by atoms with Crippen LogP contribution in [0.4, 0.5) is 4.79 Å². The van der Waals surface area contributed by atoms with E-state index in [-0.39, 0.29) is 24.7 Å². The van der Waals surface area contributed by atoms with Gasteiger partial charge in [0, 0.05) is 50.7 Å². The molecule has 1 aliphatic rings. The minimum atomic E-state index is -0.106. The summed E-state index contributed by atoms with van der Waals surface area (Å²) in [5.41, 5.74) is 1.32. The van der Waals surface area contributed by atoms with Crippen molar-refractivity contribution < 1.29 is 9.90 Å². The lowest BCUT2D eigenvalue weighted by atomic mass is 10.0. The van der Waals surface area contributed by atoms with Crippen molar-refractivity contribution in [1.29, 1.82) is 0 Å². The van der Waals surface area contributed by atoms with Gasteiger partial charge in [-0.05, 0) is 49.8 Å². The number of piperidine rings is 1. The van der Waals surface area contributed by atoms with E-state index in [0.29, 0.717) is 6.42 Å². The standard InChI is InChI=1S/C18H30N4O2/c1-2-16(8-14-23)20-18(24)21-17-6-12-22(13-7-17)11-5-15-3-9-19-10-4-15/h3-4,9-10,16-17,23H,2,5-8,11-14H2,1H3,(H2,20,21,24). The zero-order chi connectivity index (χ0) is 17.2. The number of carbonyl (C=O) groups is 1. The van der Waals surface area contributed by atoms with E-state index >= 15 is 0 Å². The minimum absolute atomic E-state index is 0.0513. The van der Waals surface area contributed by atoms with Crippen LogP contribution in [0.3, 0.4) is 0 Å². The Hall–Kier alpha value is -1.66. The number of nitrogens with one attached hydrogen (secondary N) is 2. The normalized spacial score (nSPS) is 17.4. The molecule has 1 aromatic rings. The van der Waals surface area contributed by atoms with E-state index in [1.54, 1.807) is 0 Å². The second kappa shape index (κ2) is 10.3. The summed E-state index contributed by atoms with van der Waals surface area (Å²) in [5.74, 6) is 0. The molecule has 0 aliphatic carbocycles. The molecule has 0 aromatic carbocycles. The lowest BCUT2D eigenvalue weighted by molar-refractivity contribution is 0.190. The monoisotopic (exact) mass is 334 g/mol. The summed E-state index contributed by atoms with van der Waals surface area (Å²) >= 11 is 0. The van der Waals surface area contributed by atoms with Crippen molar-refractivity contribution in [2.24, 2.45) is 0 Å². The van der Waals surface area contributed by atoms with Gasteiger partial charge in [0.1, 0.15) is 0 Å². The van der Waals surface area contributed by atoms with Gasteiger partial charge >= 0.3 is 6.03 Å². The van der Waals surface area contributed by atoms with Crippen LogP contribution in [-0.4, -0.2) is 59.3 Å². The Morgan fingerprint density at radius 1 is 1.38 bits per heavy atom. The van der Waals surface area contributed by atoms with Crippen molar-refractivity contribution in [3.8, 4) is 0 Å². The second-order valence-electron chi connectivity index (χ2n) is 6.46. The number of pyridine rings is 1. The van der Waals surface area contributed by atoms with Crippen LogP contribution in [0.5, 0.6) is 0 Å². The summed E-state index contributed by atoms with van der Waals surface area (Å²) in [6, 6.07) is 4.32. The van der Waals surface area contributed by atoms with Gasteiger partial charge in [-0.25, -0.2) is 4.79 Å². The molecule has 3 N–H and O–H groups in total. The van der Waals surface area contributed by atoms with E-state index in [1.807, 2.05) is 19.3 Å². The Balaban J connectivity index is 1.64. The average Bonchev–Trinajstić information content (AvgIpc) is 2.61. The first-order valence-electron chi connectivity index (χ1n) is 9.00. The largest absolute Gasteiger partial charge is 0.396 e. The molecule has 1 fully saturated rings. The molecular weight excluding hydrogens is 304 g/mol. The van der Waals surface area contributed by atoms with Crippen molar-refractivity contribution in [3.63, 3.8) is 0 Å². The van der Waals surface area contributed by atoms with Gasteiger partial charge in [0.05, 0.1) is 0 Å². The molecule has 0 saturated carbocycles. The molecule has 134 valence electrons. The van der Waals surface area contributed by atoms with E-state index in [0.717, 1.165) is 45.3 Å². The number of carbonyl (C=O) groups excluding carboxylic acids is 1. The van der Waals surface area contributed by atoms with Crippen LogP contribution < -0.4 is 10.6 Å². The van der Waals surface area contributed by atoms with Gasteiger partial charge in [-0.3, -0.25) is 4.98 Å². The van der Waals surface area contributed by atoms with Gasteiger partial charge < -0.3 is 20.6 Å². The van der Waals surface area contributed by atoms with Crippen LogP contribution >= 0.6 is 0 Å². The highest BCUT2D eigenvalue weighted by Crippen LogP contribution is 2.11. The van der Waals surface area contributed by atoms with E-state index < -0.39 is 0 Å². The number of likely N-dealkylation sites (tertiary alicyclic amines) is 1. The Morgan fingerprint density at radius 3 is 2.71 bits per heavy atom. The maximum absolute atomic E-state index is 12.0. The molecule has 1 unspecified atom stereocenters. The zero-order valence-corrected chi connectivity index (χ0v) is 14.6. The number of amides is 2. The number of urea groups is 1. The van der Waals surface area contributed by atoms with Crippen LogP contribution in [0.1, 0.15) is 38.2 Å². The number of aliphatic hydroxyl groups is 1. The van der Waals surface area contributed by atoms with Gasteiger partial charge in [0.15, 0.2) is 0 Å². The van der Waals surface area contributed by atoms with Crippen molar-refractivity contribution in [2.45, 2.75) is 51.1 Å². The molecule has 2 amide bonds. The Labute approximate surface area is 144 Å². The summed E-state index contributed by atoms with van der Waals surface area (Å²) in [4.78, 5) is 18.5. The predicted molar refractivity (Wildman–Crippen MR) is 94.9 cm³/mol. The van der Waals surface area contributed by atoms with Gasteiger partial charge in [-0.15, -0.1) is 0 Å². The Kier molecular flexibility index (Phi) is 7.98. The van der Waals surface area contributed by atoms with Gasteiger partial charge in [0.2, 0.25) is 0 Å². The molecule has 0 spiro atoms. The van der Waals surface area contributed by atoms with Crippen LogP contribution in [-0.2, 0) is 6.42 Å². The third-order valence-corrected chi connectivity index (χ3v) is 4.69. The molecule has 2 heterocycles. The zero-order valence-electron chi connectivity index (χ0n) is 14.6. The maximum atomic E-state index is 12.0. The third-order valence-electron chi connectivity index (χ3n) is 4.69. The van der Waals surface area contributed by atoms with Crippen molar-refractivity contribution in [2.75, 3.05) is 26.2 Å². The molecule has 1 saturated heterocycles. The number of aliphatic hydroxyl groups excluding tert-OH is 1. The van der Waals surface area contributed by atoms with Crippen LogP contribution in [0.25, 0.3) is 0 Å². The molecule has 6 heteroatoms. The van der Waals surface area contributed by atoms with Gasteiger partial charge in [-0.1, -0.05) is 6.92 Å². The highest BCUT2D eigenvalue weighted by molar-refractivity contribution is 5.74. The topological polar surface area (TPSA) is 77.5 Å². The smallest absolute Gasteiger partial charge is 0.315 e. The number of rotatable bonds is 8. The molecular formula is C18H30N4O2. The fourth-order valence-corrected chi connectivity index (χ4v) is 3.08. The SMILES string of the molecule is CCC(CCO)NC(=O)NC1CCN(CCc2ccncc2)CC1. The van der Waals surface area contributed by atoms with Gasteiger partial charge in [0.25, 0.3) is 0 Å². The van der Waals surface area contributed by atoms with Crippen LogP contribution in [0.15, 0.2) is 24.5 Å². The molecule has 2 rings (SSSR count). The maximum Gasteiger partial charge on any atom is 0.315 e. The number of nitrogens with zero attached hydrogens (tertiary/aromatic N) is 2. The molecule has 1 atom stereocenters. The molecule has 6 nitrogen and oxygen atoms in total. The Bertz CT molecular complexity index is 475. The van der Waals surface area contributed by atoms with Crippen molar-refractivity contribution in [1.82, 2.24) is 20.5 Å². The van der Waals surface area contributed by atoms with E-state index in [2.05, 4.69) is 32.7 Å².